The lowest BCUT2D eigenvalue weighted by Gasteiger charge is -2.28. The summed E-state index contributed by atoms with van der Waals surface area (Å²) in [5, 5.41) is 9.75. The zero-order valence-electron chi connectivity index (χ0n) is 12.9. The van der Waals surface area contributed by atoms with Gasteiger partial charge in [-0.1, -0.05) is 12.1 Å². The number of aromatic nitrogens is 4. The van der Waals surface area contributed by atoms with Gasteiger partial charge in [0.1, 0.15) is 0 Å². The number of fused-ring (bicyclic) bond motifs is 3. The number of furan rings is 1. The van der Waals surface area contributed by atoms with Gasteiger partial charge >= 0.3 is 0 Å². The predicted octanol–water partition coefficient (Wildman–Crippen LogP) is 2.37. The molecule has 1 aromatic carbocycles. The molecule has 1 aliphatic rings. The van der Waals surface area contributed by atoms with Crippen molar-refractivity contribution in [2.75, 3.05) is 31.2 Å². The number of nitrogens with zero attached hydrogens (tertiary/aromatic N) is 5. The molecule has 4 aromatic rings. The molecule has 1 fully saturated rings. The van der Waals surface area contributed by atoms with E-state index in [0.717, 1.165) is 35.6 Å². The number of anilines is 1. The zero-order valence-corrected chi connectivity index (χ0v) is 12.9. The van der Waals surface area contributed by atoms with Crippen LogP contribution in [0.4, 0.5) is 5.95 Å². The van der Waals surface area contributed by atoms with Gasteiger partial charge in [0.05, 0.1) is 25.0 Å². The first kappa shape index (κ1) is 13.5. The summed E-state index contributed by atoms with van der Waals surface area (Å²) in [7, 11) is 0. The molecule has 5 rings (SSSR count). The summed E-state index contributed by atoms with van der Waals surface area (Å²) < 4.78 is 13.0. The van der Waals surface area contributed by atoms with E-state index < -0.39 is 0 Å². The van der Waals surface area contributed by atoms with Crippen molar-refractivity contribution in [3.8, 4) is 11.6 Å². The van der Waals surface area contributed by atoms with E-state index >= 15 is 0 Å². The lowest BCUT2D eigenvalue weighted by molar-refractivity contribution is 0.122. The summed E-state index contributed by atoms with van der Waals surface area (Å²) in [6.07, 6.45) is 1.64. The molecule has 1 saturated heterocycles. The van der Waals surface area contributed by atoms with E-state index in [1.807, 2.05) is 40.8 Å². The molecule has 0 bridgehead atoms. The molecule has 7 nitrogen and oxygen atoms in total. The molecule has 7 heteroatoms. The minimum Gasteiger partial charge on any atom is -0.461 e. The van der Waals surface area contributed by atoms with Gasteiger partial charge in [0, 0.05) is 18.5 Å². The summed E-state index contributed by atoms with van der Waals surface area (Å²) in [6.45, 7) is 2.95. The zero-order chi connectivity index (χ0) is 15.9. The maximum Gasteiger partial charge on any atom is 0.213 e. The Morgan fingerprint density at radius 2 is 1.83 bits per heavy atom. The number of hydrogen-bond acceptors (Lipinski definition) is 6. The Morgan fingerprint density at radius 1 is 0.958 bits per heavy atom. The molecule has 1 aliphatic heterocycles. The SMILES string of the molecule is c1coc(-c2nnc3c4ccccc4nc(N4CCOCC4)n23)c1. The van der Waals surface area contributed by atoms with E-state index in [2.05, 4.69) is 15.1 Å². The highest BCUT2D eigenvalue weighted by atomic mass is 16.5. The molecule has 0 amide bonds. The van der Waals surface area contributed by atoms with Gasteiger partial charge in [0.25, 0.3) is 0 Å². The van der Waals surface area contributed by atoms with Crippen LogP contribution in [0.15, 0.2) is 47.1 Å². The fourth-order valence-electron chi connectivity index (χ4n) is 3.11. The Hall–Kier alpha value is -2.93. The van der Waals surface area contributed by atoms with Gasteiger partial charge in [-0.2, -0.15) is 0 Å². The monoisotopic (exact) mass is 321 g/mol. The Labute approximate surface area is 137 Å². The Morgan fingerprint density at radius 3 is 2.67 bits per heavy atom. The van der Waals surface area contributed by atoms with E-state index in [1.54, 1.807) is 6.26 Å². The molecule has 0 aliphatic carbocycles. The molecule has 0 radical (unpaired) electrons. The number of para-hydroxylation sites is 1. The van der Waals surface area contributed by atoms with E-state index in [4.69, 9.17) is 14.1 Å². The number of hydrogen-bond donors (Lipinski definition) is 0. The fourth-order valence-corrected chi connectivity index (χ4v) is 3.11. The predicted molar refractivity (Wildman–Crippen MR) is 89.0 cm³/mol. The highest BCUT2D eigenvalue weighted by molar-refractivity contribution is 5.93. The molecule has 120 valence electrons. The normalized spacial score (nSPS) is 15.4. The number of ether oxygens (including phenoxy) is 1. The van der Waals surface area contributed by atoms with Crippen LogP contribution in [-0.4, -0.2) is 45.9 Å². The first-order chi connectivity index (χ1) is 11.9. The van der Waals surface area contributed by atoms with Gasteiger partial charge in [-0.15, -0.1) is 10.2 Å². The van der Waals surface area contributed by atoms with Gasteiger partial charge < -0.3 is 14.1 Å². The van der Waals surface area contributed by atoms with Crippen molar-refractivity contribution >= 4 is 22.5 Å². The second-order valence-electron chi connectivity index (χ2n) is 5.69. The molecular weight excluding hydrogens is 306 g/mol. The van der Waals surface area contributed by atoms with Crippen molar-refractivity contribution in [2.24, 2.45) is 0 Å². The lowest BCUT2D eigenvalue weighted by Crippen LogP contribution is -2.38. The Balaban J connectivity index is 1.84. The quantitative estimate of drug-likeness (QED) is 0.564. The van der Waals surface area contributed by atoms with Gasteiger partial charge in [0.2, 0.25) is 11.8 Å². The largest absolute Gasteiger partial charge is 0.461 e. The average molecular weight is 321 g/mol. The third-order valence-electron chi connectivity index (χ3n) is 4.26. The Bertz CT molecular complexity index is 1000. The molecule has 0 N–H and O–H groups in total. The van der Waals surface area contributed by atoms with E-state index in [0.29, 0.717) is 24.8 Å². The third kappa shape index (κ3) is 1.98. The average Bonchev–Trinajstić information content (AvgIpc) is 3.31. The van der Waals surface area contributed by atoms with E-state index in [-0.39, 0.29) is 0 Å². The van der Waals surface area contributed by atoms with E-state index in [9.17, 15) is 0 Å². The van der Waals surface area contributed by atoms with Crippen LogP contribution in [0.3, 0.4) is 0 Å². The number of rotatable bonds is 2. The summed E-state index contributed by atoms with van der Waals surface area (Å²) >= 11 is 0. The standard InChI is InChI=1S/C17H15N5O2/c1-2-5-13-12(4-1)15-19-20-16(14-6-3-9-24-14)22(15)17(18-13)21-7-10-23-11-8-21/h1-6,9H,7-8,10-11H2. The summed E-state index contributed by atoms with van der Waals surface area (Å²) in [6, 6.07) is 11.7. The highest BCUT2D eigenvalue weighted by Gasteiger charge is 2.22. The molecule has 4 heterocycles. The van der Waals surface area contributed by atoms with Crippen LogP contribution >= 0.6 is 0 Å². The smallest absolute Gasteiger partial charge is 0.213 e. The molecule has 0 unspecified atom stereocenters. The van der Waals surface area contributed by atoms with Crippen molar-refractivity contribution in [1.29, 1.82) is 0 Å². The van der Waals surface area contributed by atoms with Crippen LogP contribution in [0.25, 0.3) is 28.1 Å². The number of benzene rings is 1. The van der Waals surface area contributed by atoms with Crippen LogP contribution < -0.4 is 4.90 Å². The number of morpholine rings is 1. The second-order valence-corrected chi connectivity index (χ2v) is 5.69. The maximum absolute atomic E-state index is 5.55. The maximum atomic E-state index is 5.55. The van der Waals surface area contributed by atoms with Gasteiger partial charge in [-0.3, -0.25) is 0 Å². The van der Waals surface area contributed by atoms with Crippen LogP contribution in [0.2, 0.25) is 0 Å². The fraction of sp³-hybridized carbons (Fsp3) is 0.235. The molecule has 0 spiro atoms. The molecular formula is C17H15N5O2. The van der Waals surface area contributed by atoms with Crippen LogP contribution in [0.1, 0.15) is 0 Å². The Kier molecular flexibility index (Phi) is 2.99. The van der Waals surface area contributed by atoms with Crippen molar-refractivity contribution < 1.29 is 9.15 Å². The van der Waals surface area contributed by atoms with Crippen LogP contribution in [-0.2, 0) is 4.74 Å². The highest BCUT2D eigenvalue weighted by Crippen LogP contribution is 2.28. The van der Waals surface area contributed by atoms with E-state index in [1.165, 1.54) is 0 Å². The second kappa shape index (κ2) is 5.31. The van der Waals surface area contributed by atoms with Crippen molar-refractivity contribution in [3.63, 3.8) is 0 Å². The van der Waals surface area contributed by atoms with Crippen LogP contribution in [0, 0.1) is 0 Å². The van der Waals surface area contributed by atoms with Crippen molar-refractivity contribution in [1.82, 2.24) is 19.6 Å². The topological polar surface area (TPSA) is 68.7 Å². The van der Waals surface area contributed by atoms with Crippen molar-refractivity contribution in [2.45, 2.75) is 0 Å². The van der Waals surface area contributed by atoms with Crippen LogP contribution in [0.5, 0.6) is 0 Å². The summed E-state index contributed by atoms with van der Waals surface area (Å²) in [4.78, 5) is 7.09. The van der Waals surface area contributed by atoms with Gasteiger partial charge in [-0.25, -0.2) is 9.38 Å². The first-order valence-corrected chi connectivity index (χ1v) is 7.92. The molecule has 0 saturated carbocycles. The molecule has 0 atom stereocenters. The molecule has 3 aromatic heterocycles. The summed E-state index contributed by atoms with van der Waals surface area (Å²) in [5.74, 6) is 2.16. The minimum atomic E-state index is 0.662. The van der Waals surface area contributed by atoms with Crippen molar-refractivity contribution in [3.05, 3.63) is 42.7 Å². The van der Waals surface area contributed by atoms with Gasteiger partial charge in [0.15, 0.2) is 11.4 Å². The summed E-state index contributed by atoms with van der Waals surface area (Å²) in [5.41, 5.74) is 1.69. The lowest BCUT2D eigenvalue weighted by atomic mass is 10.2. The first-order valence-electron chi connectivity index (χ1n) is 7.92. The molecule has 24 heavy (non-hydrogen) atoms. The third-order valence-corrected chi connectivity index (χ3v) is 4.26. The minimum absolute atomic E-state index is 0.662. The van der Waals surface area contributed by atoms with Gasteiger partial charge in [-0.05, 0) is 24.3 Å².